The molecule has 0 atom stereocenters. The zero-order valence-corrected chi connectivity index (χ0v) is 15.8. The molecule has 0 heterocycles. The van der Waals surface area contributed by atoms with Crippen LogP contribution >= 0.6 is 23.4 Å². The molecule has 6 heteroatoms. The normalized spacial score (nSPS) is 10.4. The molecule has 132 valence electrons. The number of aryl methyl sites for hydroxylation is 2. The maximum Gasteiger partial charge on any atom is 0.234 e. The van der Waals surface area contributed by atoms with Crippen LogP contribution < -0.4 is 10.6 Å². The van der Waals surface area contributed by atoms with Crippen molar-refractivity contribution in [2.24, 2.45) is 0 Å². The largest absolute Gasteiger partial charge is 0.325 e. The van der Waals surface area contributed by atoms with Crippen molar-refractivity contribution in [2.45, 2.75) is 20.3 Å². The summed E-state index contributed by atoms with van der Waals surface area (Å²) in [6.45, 7) is 3.98. The summed E-state index contributed by atoms with van der Waals surface area (Å²) in [7, 11) is 0. The van der Waals surface area contributed by atoms with Crippen molar-refractivity contribution in [2.75, 3.05) is 22.1 Å². The highest BCUT2D eigenvalue weighted by molar-refractivity contribution is 8.00. The molecule has 4 nitrogen and oxygen atoms in total. The molecule has 2 aromatic carbocycles. The number of carbonyl (C=O) groups is 2. The van der Waals surface area contributed by atoms with Crippen molar-refractivity contribution >= 4 is 46.6 Å². The summed E-state index contributed by atoms with van der Waals surface area (Å²) >= 11 is 7.20. The lowest BCUT2D eigenvalue weighted by Crippen LogP contribution is -2.18. The Hall–Kier alpha value is -1.98. The van der Waals surface area contributed by atoms with Crippen molar-refractivity contribution in [1.82, 2.24) is 0 Å². The molecule has 0 aliphatic heterocycles. The Labute approximate surface area is 157 Å². The third-order valence-corrected chi connectivity index (χ3v) is 4.75. The van der Waals surface area contributed by atoms with Gasteiger partial charge >= 0.3 is 0 Å². The molecule has 0 fully saturated rings. The second-order valence-corrected chi connectivity index (χ2v) is 7.02. The minimum Gasteiger partial charge on any atom is -0.325 e. The van der Waals surface area contributed by atoms with Gasteiger partial charge in [0.25, 0.3) is 0 Å². The van der Waals surface area contributed by atoms with Crippen LogP contribution in [0.4, 0.5) is 11.4 Å². The second kappa shape index (κ2) is 9.49. The number of thioether (sulfide) groups is 1. The molecule has 0 radical (unpaired) electrons. The van der Waals surface area contributed by atoms with Crippen LogP contribution in [0.25, 0.3) is 0 Å². The average molecular weight is 377 g/mol. The highest BCUT2D eigenvalue weighted by Crippen LogP contribution is 2.20. The number of rotatable bonds is 7. The molecule has 0 saturated heterocycles. The van der Waals surface area contributed by atoms with Crippen molar-refractivity contribution in [3.63, 3.8) is 0 Å². The van der Waals surface area contributed by atoms with Gasteiger partial charge in [-0.25, -0.2) is 0 Å². The Morgan fingerprint density at radius 3 is 2.28 bits per heavy atom. The molecule has 0 aromatic heterocycles. The van der Waals surface area contributed by atoms with Crippen molar-refractivity contribution in [3.8, 4) is 0 Å². The Balaban J connectivity index is 1.74. The van der Waals surface area contributed by atoms with E-state index < -0.39 is 0 Å². The summed E-state index contributed by atoms with van der Waals surface area (Å²) in [5.41, 5.74) is 3.62. The summed E-state index contributed by atoms with van der Waals surface area (Å²) < 4.78 is 0. The van der Waals surface area contributed by atoms with Gasteiger partial charge in [-0.3, -0.25) is 9.59 Å². The fourth-order valence-electron chi connectivity index (χ4n) is 2.17. The maximum atomic E-state index is 12.0. The fourth-order valence-corrected chi connectivity index (χ4v) is 2.96. The Kier molecular flexibility index (Phi) is 7.34. The van der Waals surface area contributed by atoms with Crippen LogP contribution in [0.1, 0.15) is 18.1 Å². The molecule has 2 rings (SSSR count). The van der Waals surface area contributed by atoms with Gasteiger partial charge in [0.1, 0.15) is 0 Å². The molecule has 2 aromatic rings. The molecule has 0 aliphatic rings. The quantitative estimate of drug-likeness (QED) is 0.746. The van der Waals surface area contributed by atoms with E-state index in [9.17, 15) is 9.59 Å². The first-order valence-electron chi connectivity index (χ1n) is 8.00. The van der Waals surface area contributed by atoms with Crippen molar-refractivity contribution < 1.29 is 9.59 Å². The van der Waals surface area contributed by atoms with E-state index in [1.165, 1.54) is 17.3 Å². The molecule has 2 amide bonds. The van der Waals surface area contributed by atoms with Gasteiger partial charge in [-0.15, -0.1) is 11.8 Å². The summed E-state index contributed by atoms with van der Waals surface area (Å²) in [5, 5.41) is 6.21. The topological polar surface area (TPSA) is 58.2 Å². The zero-order chi connectivity index (χ0) is 18.2. The van der Waals surface area contributed by atoms with Crippen LogP contribution in [-0.2, 0) is 16.0 Å². The highest BCUT2D eigenvalue weighted by atomic mass is 35.5. The first-order valence-corrected chi connectivity index (χ1v) is 9.53. The van der Waals surface area contributed by atoms with E-state index in [4.69, 9.17) is 11.6 Å². The fraction of sp³-hybridized carbons (Fsp3) is 0.263. The van der Waals surface area contributed by atoms with Crippen LogP contribution in [0.2, 0.25) is 5.02 Å². The van der Waals surface area contributed by atoms with E-state index >= 15 is 0 Å². The lowest BCUT2D eigenvalue weighted by molar-refractivity contribution is -0.114. The minimum absolute atomic E-state index is 0.124. The van der Waals surface area contributed by atoms with Crippen molar-refractivity contribution in [3.05, 3.63) is 58.6 Å². The number of halogens is 1. The van der Waals surface area contributed by atoms with Gasteiger partial charge < -0.3 is 10.6 Å². The van der Waals surface area contributed by atoms with Gasteiger partial charge in [0.05, 0.1) is 11.5 Å². The van der Waals surface area contributed by atoms with Gasteiger partial charge in [-0.2, -0.15) is 0 Å². The van der Waals surface area contributed by atoms with Crippen LogP contribution in [0.5, 0.6) is 0 Å². The molecule has 25 heavy (non-hydrogen) atoms. The smallest absolute Gasteiger partial charge is 0.234 e. The minimum atomic E-state index is -0.157. The number of anilines is 2. The number of carbonyl (C=O) groups excluding carboxylic acids is 2. The highest BCUT2D eigenvalue weighted by Gasteiger charge is 2.08. The lowest BCUT2D eigenvalue weighted by Gasteiger charge is -2.09. The Bertz CT molecular complexity index is 748. The van der Waals surface area contributed by atoms with E-state index in [0.29, 0.717) is 10.7 Å². The summed E-state index contributed by atoms with van der Waals surface area (Å²) in [6.07, 6.45) is 0.964. The monoisotopic (exact) mass is 376 g/mol. The SMILES string of the molecule is CCc1ccc(NC(=O)CSCC(=O)Nc2cc(Cl)ccc2C)cc1. The molecule has 2 N–H and O–H groups in total. The van der Waals surface area contributed by atoms with Crippen LogP contribution in [0, 0.1) is 6.92 Å². The third kappa shape index (κ3) is 6.44. The van der Waals surface area contributed by atoms with Gasteiger partial charge in [0.15, 0.2) is 0 Å². The number of nitrogens with one attached hydrogen (secondary N) is 2. The number of hydrogen-bond acceptors (Lipinski definition) is 3. The van der Waals surface area contributed by atoms with Gasteiger partial charge in [0, 0.05) is 16.4 Å². The van der Waals surface area contributed by atoms with E-state index in [-0.39, 0.29) is 23.3 Å². The molecule has 0 bridgehead atoms. The summed E-state index contributed by atoms with van der Waals surface area (Å²) in [4.78, 5) is 23.9. The lowest BCUT2D eigenvalue weighted by atomic mass is 10.1. The van der Waals surface area contributed by atoms with E-state index in [0.717, 1.165) is 17.7 Å². The Morgan fingerprint density at radius 2 is 1.64 bits per heavy atom. The molecule has 0 spiro atoms. The summed E-state index contributed by atoms with van der Waals surface area (Å²) in [5.74, 6) is 0.141. The first-order chi connectivity index (χ1) is 12.0. The van der Waals surface area contributed by atoms with Gasteiger partial charge in [0.2, 0.25) is 11.8 Å². The number of amides is 2. The number of benzene rings is 2. The van der Waals surface area contributed by atoms with Crippen LogP contribution in [0.15, 0.2) is 42.5 Å². The standard InChI is InChI=1S/C19H21ClN2O2S/c1-3-14-5-8-16(9-6-14)21-18(23)11-25-12-19(24)22-17-10-15(20)7-4-13(17)2/h4-10H,3,11-12H2,1-2H3,(H,21,23)(H,22,24). The third-order valence-electron chi connectivity index (χ3n) is 3.59. The predicted octanol–water partition coefficient (Wildman–Crippen LogP) is 4.52. The van der Waals surface area contributed by atoms with Crippen LogP contribution in [-0.4, -0.2) is 23.3 Å². The average Bonchev–Trinajstić information content (AvgIpc) is 2.59. The first kappa shape index (κ1) is 19.3. The van der Waals surface area contributed by atoms with Crippen molar-refractivity contribution in [1.29, 1.82) is 0 Å². The van der Waals surface area contributed by atoms with E-state index in [1.807, 2.05) is 37.3 Å². The molecular formula is C19H21ClN2O2S. The van der Waals surface area contributed by atoms with Gasteiger partial charge in [-0.1, -0.05) is 36.7 Å². The maximum absolute atomic E-state index is 12.0. The molecule has 0 saturated carbocycles. The van der Waals surface area contributed by atoms with E-state index in [1.54, 1.807) is 12.1 Å². The van der Waals surface area contributed by atoms with Gasteiger partial charge in [-0.05, 0) is 48.7 Å². The molecule has 0 aliphatic carbocycles. The molecular weight excluding hydrogens is 356 g/mol. The van der Waals surface area contributed by atoms with Crippen LogP contribution in [0.3, 0.4) is 0 Å². The predicted molar refractivity (Wildman–Crippen MR) is 107 cm³/mol. The summed E-state index contributed by atoms with van der Waals surface area (Å²) in [6, 6.07) is 13.1. The van der Waals surface area contributed by atoms with E-state index in [2.05, 4.69) is 17.6 Å². The number of hydrogen-bond donors (Lipinski definition) is 2. The second-order valence-electron chi connectivity index (χ2n) is 5.60. The zero-order valence-electron chi connectivity index (χ0n) is 14.3. The molecule has 0 unspecified atom stereocenters. The Morgan fingerprint density at radius 1 is 1.00 bits per heavy atom.